The Hall–Kier alpha value is -2.95. The maximum absolute atomic E-state index is 12.5. The smallest absolute Gasteiger partial charge is 0.279 e. The predicted octanol–water partition coefficient (Wildman–Crippen LogP) is 2.95. The molecule has 3 rings (SSSR count). The fourth-order valence-electron chi connectivity index (χ4n) is 2.22. The summed E-state index contributed by atoms with van der Waals surface area (Å²) in [5.74, 6) is -0.959. The summed E-state index contributed by atoms with van der Waals surface area (Å²) in [4.78, 5) is 26.8. The van der Waals surface area contributed by atoms with Gasteiger partial charge in [0.15, 0.2) is 0 Å². The first-order chi connectivity index (χ1) is 10.1. The third-order valence-electron chi connectivity index (χ3n) is 3.32. The highest BCUT2D eigenvalue weighted by atomic mass is 16.2. The minimum absolute atomic E-state index is 0.340. The second-order valence-electron chi connectivity index (χ2n) is 4.78. The van der Waals surface area contributed by atoms with Crippen LogP contribution in [0.25, 0.3) is 0 Å². The molecule has 1 saturated heterocycles. The van der Waals surface area contributed by atoms with E-state index in [1.165, 1.54) is 0 Å². The van der Waals surface area contributed by atoms with E-state index >= 15 is 0 Å². The molecule has 0 unspecified atom stereocenters. The number of rotatable bonds is 2. The van der Waals surface area contributed by atoms with Crippen molar-refractivity contribution in [2.24, 2.45) is 0 Å². The molecular formula is C16H13N3O2. The standard InChI is InChI=1S/C16H13N3O2/c1-11-7-9-13(10-8-11)18-14(17)15(20)19(16(18)21)12-5-3-2-4-6-12/h2-10,17H,1H3. The van der Waals surface area contributed by atoms with Gasteiger partial charge in [-0.15, -0.1) is 0 Å². The van der Waals surface area contributed by atoms with Crippen LogP contribution < -0.4 is 9.80 Å². The van der Waals surface area contributed by atoms with Crippen LogP contribution in [0.5, 0.6) is 0 Å². The van der Waals surface area contributed by atoms with Gasteiger partial charge in [-0.1, -0.05) is 35.9 Å². The average molecular weight is 279 g/mol. The van der Waals surface area contributed by atoms with Crippen molar-refractivity contribution in [2.45, 2.75) is 6.92 Å². The monoisotopic (exact) mass is 279 g/mol. The van der Waals surface area contributed by atoms with Gasteiger partial charge in [0.2, 0.25) is 5.84 Å². The normalized spacial score (nSPS) is 15.0. The first-order valence-electron chi connectivity index (χ1n) is 6.48. The first kappa shape index (κ1) is 13.1. The van der Waals surface area contributed by atoms with Gasteiger partial charge in [0.25, 0.3) is 0 Å². The molecule has 2 aromatic carbocycles. The molecule has 0 saturated carbocycles. The minimum Gasteiger partial charge on any atom is -0.279 e. The van der Waals surface area contributed by atoms with Gasteiger partial charge in [-0.25, -0.2) is 14.6 Å². The number of carbonyl (C=O) groups is 2. The fraction of sp³-hybridized carbons (Fsp3) is 0.0625. The molecule has 1 aliphatic rings. The largest absolute Gasteiger partial charge is 0.342 e. The summed E-state index contributed by atoms with van der Waals surface area (Å²) in [6, 6.07) is 15.2. The average Bonchev–Trinajstić information content (AvgIpc) is 2.72. The summed E-state index contributed by atoms with van der Waals surface area (Å²) >= 11 is 0. The molecule has 21 heavy (non-hydrogen) atoms. The lowest BCUT2D eigenvalue weighted by molar-refractivity contribution is -0.111. The number of amidine groups is 1. The zero-order chi connectivity index (χ0) is 15.0. The summed E-state index contributed by atoms with van der Waals surface area (Å²) in [5, 5.41) is 7.93. The quantitative estimate of drug-likeness (QED) is 0.859. The first-order valence-corrected chi connectivity index (χ1v) is 6.48. The van der Waals surface area contributed by atoms with Crippen molar-refractivity contribution in [3.05, 3.63) is 60.2 Å². The number of anilines is 2. The van der Waals surface area contributed by atoms with E-state index in [1.807, 2.05) is 19.1 Å². The summed E-state index contributed by atoms with van der Waals surface area (Å²) in [6.07, 6.45) is 0. The Bertz CT molecular complexity index is 723. The molecule has 1 fully saturated rings. The zero-order valence-electron chi connectivity index (χ0n) is 11.4. The highest BCUT2D eigenvalue weighted by Crippen LogP contribution is 2.26. The van der Waals surface area contributed by atoms with Crippen molar-refractivity contribution in [1.82, 2.24) is 0 Å². The molecule has 1 aliphatic heterocycles. The molecular weight excluding hydrogens is 266 g/mol. The summed E-state index contributed by atoms with van der Waals surface area (Å²) in [7, 11) is 0. The number of hydrogen-bond acceptors (Lipinski definition) is 3. The lowest BCUT2D eigenvalue weighted by Crippen LogP contribution is -2.33. The van der Waals surface area contributed by atoms with Crippen LogP contribution in [0, 0.1) is 12.3 Å². The van der Waals surface area contributed by atoms with Crippen LogP contribution in [0.4, 0.5) is 16.2 Å². The molecule has 2 aromatic rings. The number of amides is 3. The number of imide groups is 1. The van der Waals surface area contributed by atoms with Crippen molar-refractivity contribution < 1.29 is 9.59 Å². The Morgan fingerprint density at radius 2 is 1.38 bits per heavy atom. The molecule has 0 spiro atoms. The van der Waals surface area contributed by atoms with Gasteiger partial charge in [0, 0.05) is 0 Å². The van der Waals surface area contributed by atoms with Crippen LogP contribution in [-0.4, -0.2) is 17.8 Å². The molecule has 0 bridgehead atoms. The molecule has 104 valence electrons. The van der Waals surface area contributed by atoms with Crippen LogP contribution >= 0.6 is 0 Å². The number of benzene rings is 2. The molecule has 5 heteroatoms. The summed E-state index contributed by atoms with van der Waals surface area (Å²) in [5.41, 5.74) is 2.03. The van der Waals surface area contributed by atoms with E-state index in [1.54, 1.807) is 42.5 Å². The van der Waals surface area contributed by atoms with Gasteiger partial charge in [-0.2, -0.15) is 0 Å². The molecule has 1 heterocycles. The Balaban J connectivity index is 2.02. The summed E-state index contributed by atoms with van der Waals surface area (Å²) in [6.45, 7) is 1.93. The van der Waals surface area contributed by atoms with Gasteiger partial charge in [0.1, 0.15) is 0 Å². The van der Waals surface area contributed by atoms with Gasteiger partial charge >= 0.3 is 11.9 Å². The predicted molar refractivity (Wildman–Crippen MR) is 80.7 cm³/mol. The number of nitrogens with zero attached hydrogens (tertiary/aromatic N) is 2. The second-order valence-corrected chi connectivity index (χ2v) is 4.78. The van der Waals surface area contributed by atoms with E-state index in [0.717, 1.165) is 15.4 Å². The Kier molecular flexibility index (Phi) is 3.02. The van der Waals surface area contributed by atoms with Crippen molar-refractivity contribution in [3.63, 3.8) is 0 Å². The number of para-hydroxylation sites is 1. The zero-order valence-corrected chi connectivity index (χ0v) is 11.4. The highest BCUT2D eigenvalue weighted by Gasteiger charge is 2.43. The van der Waals surface area contributed by atoms with Crippen LogP contribution in [0.15, 0.2) is 54.6 Å². The second kappa shape index (κ2) is 4.86. The molecule has 0 atom stereocenters. The third-order valence-corrected chi connectivity index (χ3v) is 3.32. The molecule has 5 nitrogen and oxygen atoms in total. The Morgan fingerprint density at radius 3 is 2.00 bits per heavy atom. The van der Waals surface area contributed by atoms with Crippen LogP contribution in [0.1, 0.15) is 5.56 Å². The van der Waals surface area contributed by atoms with E-state index in [4.69, 9.17) is 5.41 Å². The van der Waals surface area contributed by atoms with E-state index < -0.39 is 11.9 Å². The van der Waals surface area contributed by atoms with Crippen molar-refractivity contribution >= 4 is 29.1 Å². The molecule has 1 N–H and O–H groups in total. The fourth-order valence-corrected chi connectivity index (χ4v) is 2.22. The topological polar surface area (TPSA) is 64.5 Å². The lowest BCUT2D eigenvalue weighted by atomic mass is 10.2. The van der Waals surface area contributed by atoms with E-state index in [-0.39, 0.29) is 5.84 Å². The molecule has 0 aliphatic carbocycles. The number of urea groups is 1. The van der Waals surface area contributed by atoms with Crippen molar-refractivity contribution in [2.75, 3.05) is 9.80 Å². The van der Waals surface area contributed by atoms with Gasteiger partial charge in [-0.3, -0.25) is 10.2 Å². The number of hydrogen-bond donors (Lipinski definition) is 1. The van der Waals surface area contributed by atoms with E-state index in [9.17, 15) is 9.59 Å². The van der Waals surface area contributed by atoms with Gasteiger partial charge in [0.05, 0.1) is 11.4 Å². The van der Waals surface area contributed by atoms with Crippen LogP contribution in [-0.2, 0) is 4.79 Å². The molecule has 0 radical (unpaired) electrons. The van der Waals surface area contributed by atoms with Crippen LogP contribution in [0.2, 0.25) is 0 Å². The lowest BCUT2D eigenvalue weighted by Gasteiger charge is -2.16. The SMILES string of the molecule is Cc1ccc(N2C(=N)C(=O)N(c3ccccc3)C2=O)cc1. The molecule has 0 aromatic heterocycles. The number of carbonyl (C=O) groups excluding carboxylic acids is 2. The number of aryl methyl sites for hydroxylation is 1. The van der Waals surface area contributed by atoms with Crippen LogP contribution in [0.3, 0.4) is 0 Å². The van der Waals surface area contributed by atoms with E-state index in [2.05, 4.69) is 0 Å². The van der Waals surface area contributed by atoms with Crippen molar-refractivity contribution in [3.8, 4) is 0 Å². The summed E-state index contributed by atoms with van der Waals surface area (Å²) < 4.78 is 0. The van der Waals surface area contributed by atoms with Gasteiger partial charge in [-0.05, 0) is 31.2 Å². The maximum Gasteiger partial charge on any atom is 0.342 e. The van der Waals surface area contributed by atoms with E-state index in [0.29, 0.717) is 11.4 Å². The molecule has 3 amide bonds. The highest BCUT2D eigenvalue weighted by molar-refractivity contribution is 6.61. The Labute approximate surface area is 121 Å². The maximum atomic E-state index is 12.5. The van der Waals surface area contributed by atoms with Gasteiger partial charge < -0.3 is 0 Å². The number of nitrogens with one attached hydrogen (secondary N) is 1. The minimum atomic E-state index is -0.619. The Morgan fingerprint density at radius 1 is 0.810 bits per heavy atom. The van der Waals surface area contributed by atoms with Crippen molar-refractivity contribution in [1.29, 1.82) is 5.41 Å². The third kappa shape index (κ3) is 2.08.